The highest BCUT2D eigenvalue weighted by Crippen LogP contribution is 2.28. The molecule has 3 rings (SSSR count). The van der Waals surface area contributed by atoms with E-state index in [-0.39, 0.29) is 11.8 Å². The lowest BCUT2D eigenvalue weighted by Crippen LogP contribution is -2.31. The van der Waals surface area contributed by atoms with Crippen LogP contribution in [0.5, 0.6) is 5.75 Å². The molecule has 0 aromatic heterocycles. The molecule has 5 nitrogen and oxygen atoms in total. The molecule has 2 aromatic rings. The highest BCUT2D eigenvalue weighted by molar-refractivity contribution is 5.97. The summed E-state index contributed by atoms with van der Waals surface area (Å²) < 4.78 is 5.66. The van der Waals surface area contributed by atoms with E-state index in [4.69, 9.17) is 4.74 Å². The van der Waals surface area contributed by atoms with Crippen molar-refractivity contribution in [3.63, 3.8) is 0 Å². The van der Waals surface area contributed by atoms with Crippen LogP contribution in [-0.2, 0) is 11.2 Å². The Balaban J connectivity index is 1.64. The van der Waals surface area contributed by atoms with E-state index in [0.717, 1.165) is 11.3 Å². The average Bonchev–Trinajstić information content (AvgIpc) is 2.99. The number of anilines is 1. The normalized spacial score (nSPS) is 15.5. The van der Waals surface area contributed by atoms with Gasteiger partial charge in [0.15, 0.2) is 6.10 Å². The van der Waals surface area contributed by atoms with Gasteiger partial charge in [-0.25, -0.2) is 0 Å². The van der Waals surface area contributed by atoms with Crippen LogP contribution < -0.4 is 10.1 Å². The van der Waals surface area contributed by atoms with E-state index in [1.165, 1.54) is 4.90 Å². The molecule has 0 saturated heterocycles. The van der Waals surface area contributed by atoms with Crippen LogP contribution in [0.4, 0.5) is 5.69 Å². The molecule has 1 heterocycles. The molecule has 0 radical (unpaired) electrons. The van der Waals surface area contributed by atoms with Crippen molar-refractivity contribution in [2.75, 3.05) is 19.4 Å². The zero-order chi connectivity index (χ0) is 16.4. The Morgan fingerprint density at radius 1 is 1.09 bits per heavy atom. The first-order valence-electron chi connectivity index (χ1n) is 7.42. The molecule has 118 valence electrons. The molecule has 0 saturated carbocycles. The Hall–Kier alpha value is -2.82. The van der Waals surface area contributed by atoms with E-state index in [1.54, 1.807) is 38.4 Å². The molecule has 23 heavy (non-hydrogen) atoms. The summed E-state index contributed by atoms with van der Waals surface area (Å²) in [6.45, 7) is 0. The average molecular weight is 310 g/mol. The fourth-order valence-electron chi connectivity index (χ4n) is 2.51. The lowest BCUT2D eigenvalue weighted by atomic mass is 10.1. The Morgan fingerprint density at radius 2 is 1.78 bits per heavy atom. The van der Waals surface area contributed by atoms with Crippen molar-refractivity contribution in [2.24, 2.45) is 0 Å². The number of benzene rings is 2. The van der Waals surface area contributed by atoms with Crippen molar-refractivity contribution < 1.29 is 14.3 Å². The first-order chi connectivity index (χ1) is 11.0. The number of ether oxygens (including phenoxy) is 1. The standard InChI is InChI=1S/C18H18N2O3/c1-20(2)18(22)12-7-9-14(10-8-12)19-17(21)16-11-13-5-3-4-6-15(13)23-16/h3-10,16H,11H2,1-2H3,(H,19,21). The third-order valence-corrected chi connectivity index (χ3v) is 3.75. The van der Waals surface area contributed by atoms with Gasteiger partial charge in [0, 0.05) is 31.8 Å². The smallest absolute Gasteiger partial charge is 0.265 e. The molecular weight excluding hydrogens is 292 g/mol. The van der Waals surface area contributed by atoms with E-state index in [9.17, 15) is 9.59 Å². The zero-order valence-corrected chi connectivity index (χ0v) is 13.1. The minimum atomic E-state index is -0.518. The molecule has 0 spiro atoms. The van der Waals surface area contributed by atoms with Crippen molar-refractivity contribution in [1.82, 2.24) is 4.90 Å². The number of carbonyl (C=O) groups is 2. The quantitative estimate of drug-likeness (QED) is 0.946. The molecule has 2 aromatic carbocycles. The summed E-state index contributed by atoms with van der Waals surface area (Å²) >= 11 is 0. The van der Waals surface area contributed by atoms with Gasteiger partial charge in [-0.3, -0.25) is 9.59 Å². The molecule has 1 aliphatic rings. The summed E-state index contributed by atoms with van der Waals surface area (Å²) in [7, 11) is 3.40. The maximum absolute atomic E-state index is 12.3. The highest BCUT2D eigenvalue weighted by atomic mass is 16.5. The lowest BCUT2D eigenvalue weighted by molar-refractivity contribution is -0.122. The second-order valence-corrected chi connectivity index (χ2v) is 5.68. The number of hydrogen-bond donors (Lipinski definition) is 1. The van der Waals surface area contributed by atoms with Crippen molar-refractivity contribution in [3.05, 3.63) is 59.7 Å². The van der Waals surface area contributed by atoms with Crippen LogP contribution in [0.15, 0.2) is 48.5 Å². The topological polar surface area (TPSA) is 58.6 Å². The minimum Gasteiger partial charge on any atom is -0.480 e. The molecule has 2 amide bonds. The SMILES string of the molecule is CN(C)C(=O)c1ccc(NC(=O)C2Cc3ccccc3O2)cc1. The number of para-hydroxylation sites is 1. The van der Waals surface area contributed by atoms with Gasteiger partial charge in [0.1, 0.15) is 5.75 Å². The van der Waals surface area contributed by atoms with Crippen molar-refractivity contribution in [2.45, 2.75) is 12.5 Å². The maximum Gasteiger partial charge on any atom is 0.265 e. The van der Waals surface area contributed by atoms with Gasteiger partial charge >= 0.3 is 0 Å². The molecule has 0 aliphatic carbocycles. The second-order valence-electron chi connectivity index (χ2n) is 5.68. The molecule has 0 fully saturated rings. The zero-order valence-electron chi connectivity index (χ0n) is 13.1. The van der Waals surface area contributed by atoms with Crippen LogP contribution >= 0.6 is 0 Å². The predicted octanol–water partition coefficient (Wildman–Crippen LogP) is 2.33. The van der Waals surface area contributed by atoms with Crippen LogP contribution in [0.25, 0.3) is 0 Å². The van der Waals surface area contributed by atoms with Gasteiger partial charge in [-0.05, 0) is 35.9 Å². The first kappa shape index (κ1) is 15.1. The Bertz CT molecular complexity index is 713. The summed E-state index contributed by atoms with van der Waals surface area (Å²) in [4.78, 5) is 25.6. The van der Waals surface area contributed by atoms with Gasteiger partial charge in [-0.15, -0.1) is 0 Å². The summed E-state index contributed by atoms with van der Waals surface area (Å²) in [6, 6.07) is 14.5. The summed E-state index contributed by atoms with van der Waals surface area (Å²) in [5.41, 5.74) is 2.27. The van der Waals surface area contributed by atoms with Crippen molar-refractivity contribution >= 4 is 17.5 Å². The number of carbonyl (C=O) groups excluding carboxylic acids is 2. The van der Waals surface area contributed by atoms with Gasteiger partial charge < -0.3 is 15.0 Å². The van der Waals surface area contributed by atoms with Gasteiger partial charge in [-0.2, -0.15) is 0 Å². The van der Waals surface area contributed by atoms with Crippen LogP contribution in [0.2, 0.25) is 0 Å². The van der Waals surface area contributed by atoms with Crippen LogP contribution in [0.1, 0.15) is 15.9 Å². The highest BCUT2D eigenvalue weighted by Gasteiger charge is 2.28. The fraction of sp³-hybridized carbons (Fsp3) is 0.222. The Kier molecular flexibility index (Phi) is 4.02. The van der Waals surface area contributed by atoms with E-state index < -0.39 is 6.10 Å². The van der Waals surface area contributed by atoms with Gasteiger partial charge in [0.2, 0.25) is 0 Å². The number of nitrogens with zero attached hydrogens (tertiary/aromatic N) is 1. The number of nitrogens with one attached hydrogen (secondary N) is 1. The van der Waals surface area contributed by atoms with E-state index in [2.05, 4.69) is 5.32 Å². The molecule has 1 unspecified atom stereocenters. The van der Waals surface area contributed by atoms with Gasteiger partial charge in [-0.1, -0.05) is 18.2 Å². The first-order valence-corrected chi connectivity index (χ1v) is 7.42. The van der Waals surface area contributed by atoms with Crippen LogP contribution in [0, 0.1) is 0 Å². The number of rotatable bonds is 3. The molecule has 1 aliphatic heterocycles. The third kappa shape index (κ3) is 3.18. The fourth-order valence-corrected chi connectivity index (χ4v) is 2.51. The molecular formula is C18H18N2O3. The van der Waals surface area contributed by atoms with Crippen LogP contribution in [0.3, 0.4) is 0 Å². The molecule has 5 heteroatoms. The van der Waals surface area contributed by atoms with Gasteiger partial charge in [0.05, 0.1) is 0 Å². The Morgan fingerprint density at radius 3 is 2.43 bits per heavy atom. The second kappa shape index (κ2) is 6.12. The Labute approximate surface area is 134 Å². The minimum absolute atomic E-state index is 0.0718. The largest absolute Gasteiger partial charge is 0.480 e. The lowest BCUT2D eigenvalue weighted by Gasteiger charge is -2.13. The van der Waals surface area contributed by atoms with Crippen molar-refractivity contribution in [3.8, 4) is 5.75 Å². The maximum atomic E-state index is 12.3. The summed E-state index contributed by atoms with van der Waals surface area (Å²) in [5, 5.41) is 2.83. The number of fused-ring (bicyclic) bond motifs is 1. The van der Waals surface area contributed by atoms with E-state index in [1.807, 2.05) is 24.3 Å². The summed E-state index contributed by atoms with van der Waals surface area (Å²) in [6.07, 6.45) is 0.0506. The number of amides is 2. The van der Waals surface area contributed by atoms with Crippen LogP contribution in [-0.4, -0.2) is 36.9 Å². The molecule has 1 atom stereocenters. The van der Waals surface area contributed by atoms with E-state index in [0.29, 0.717) is 17.7 Å². The monoisotopic (exact) mass is 310 g/mol. The summed E-state index contributed by atoms with van der Waals surface area (Å²) in [5.74, 6) is 0.505. The molecule has 1 N–H and O–H groups in total. The van der Waals surface area contributed by atoms with E-state index >= 15 is 0 Å². The number of hydrogen-bond acceptors (Lipinski definition) is 3. The molecule has 0 bridgehead atoms. The predicted molar refractivity (Wildman–Crippen MR) is 87.7 cm³/mol. The van der Waals surface area contributed by atoms with Gasteiger partial charge in [0.25, 0.3) is 11.8 Å². The third-order valence-electron chi connectivity index (χ3n) is 3.75. The van der Waals surface area contributed by atoms with Crippen molar-refractivity contribution in [1.29, 1.82) is 0 Å².